The summed E-state index contributed by atoms with van der Waals surface area (Å²) in [6, 6.07) is 16.5. The molecule has 0 aromatic heterocycles. The molecule has 1 amide bonds. The molecule has 0 saturated carbocycles. The van der Waals surface area contributed by atoms with Crippen molar-refractivity contribution >= 4 is 5.91 Å². The number of aliphatic hydroxyl groups is 1. The Balaban J connectivity index is 1.90. The van der Waals surface area contributed by atoms with E-state index in [-0.39, 0.29) is 12.5 Å². The molecule has 22 heavy (non-hydrogen) atoms. The van der Waals surface area contributed by atoms with E-state index >= 15 is 0 Å². The first-order chi connectivity index (χ1) is 10.7. The van der Waals surface area contributed by atoms with E-state index in [0.29, 0.717) is 6.54 Å². The standard InChI is InChI=1S/C17H20N2O3/c1-18-17(21)16(12-20)19-11-13-7-9-15(10-8-13)22-14-5-3-2-4-6-14/h2-10,16,19-20H,11-12H2,1H3,(H,18,21)/t16-/m0/s1. The van der Waals surface area contributed by atoms with Crippen molar-refractivity contribution in [1.29, 1.82) is 0 Å². The highest BCUT2D eigenvalue weighted by molar-refractivity contribution is 5.81. The van der Waals surface area contributed by atoms with Gasteiger partial charge in [-0.05, 0) is 29.8 Å². The quantitative estimate of drug-likeness (QED) is 0.727. The van der Waals surface area contributed by atoms with Crippen LogP contribution in [0.1, 0.15) is 5.56 Å². The maximum absolute atomic E-state index is 11.5. The maximum atomic E-state index is 11.5. The molecular formula is C17H20N2O3. The number of likely N-dealkylation sites (N-methyl/N-ethyl adjacent to an activating group) is 1. The van der Waals surface area contributed by atoms with Gasteiger partial charge in [-0.3, -0.25) is 10.1 Å². The van der Waals surface area contributed by atoms with Crippen LogP contribution in [0.2, 0.25) is 0 Å². The molecule has 116 valence electrons. The molecule has 0 aliphatic heterocycles. The van der Waals surface area contributed by atoms with Gasteiger partial charge in [-0.1, -0.05) is 30.3 Å². The zero-order chi connectivity index (χ0) is 15.8. The third-order valence-corrected chi connectivity index (χ3v) is 3.20. The van der Waals surface area contributed by atoms with Gasteiger partial charge in [-0.15, -0.1) is 0 Å². The first kappa shape index (κ1) is 16.0. The van der Waals surface area contributed by atoms with E-state index in [4.69, 9.17) is 4.74 Å². The van der Waals surface area contributed by atoms with E-state index in [1.807, 2.05) is 54.6 Å². The van der Waals surface area contributed by atoms with Gasteiger partial charge >= 0.3 is 0 Å². The second-order valence-electron chi connectivity index (χ2n) is 4.79. The zero-order valence-electron chi connectivity index (χ0n) is 12.5. The predicted molar refractivity (Wildman–Crippen MR) is 84.7 cm³/mol. The molecule has 0 bridgehead atoms. The number of amides is 1. The van der Waals surface area contributed by atoms with Crippen LogP contribution < -0.4 is 15.4 Å². The van der Waals surface area contributed by atoms with Crippen LogP contribution in [-0.4, -0.2) is 30.7 Å². The fraction of sp³-hybridized carbons (Fsp3) is 0.235. The molecule has 0 saturated heterocycles. The number of carbonyl (C=O) groups is 1. The van der Waals surface area contributed by atoms with Gasteiger partial charge in [0.15, 0.2) is 0 Å². The molecule has 0 spiro atoms. The monoisotopic (exact) mass is 300 g/mol. The molecule has 0 fully saturated rings. The Labute approximate surface area is 129 Å². The van der Waals surface area contributed by atoms with Gasteiger partial charge in [0.2, 0.25) is 5.91 Å². The Morgan fingerprint density at radius 1 is 1.09 bits per heavy atom. The Kier molecular flexibility index (Phi) is 5.94. The Morgan fingerprint density at radius 2 is 1.73 bits per heavy atom. The highest BCUT2D eigenvalue weighted by atomic mass is 16.5. The highest BCUT2D eigenvalue weighted by Crippen LogP contribution is 2.21. The van der Waals surface area contributed by atoms with E-state index in [9.17, 15) is 9.90 Å². The number of ether oxygens (including phenoxy) is 1. The van der Waals surface area contributed by atoms with Gasteiger partial charge in [-0.25, -0.2) is 0 Å². The van der Waals surface area contributed by atoms with Gasteiger partial charge in [0.1, 0.15) is 17.5 Å². The number of aliphatic hydroxyl groups excluding tert-OH is 1. The molecule has 2 aromatic rings. The summed E-state index contributed by atoms with van der Waals surface area (Å²) in [4.78, 5) is 11.5. The smallest absolute Gasteiger partial charge is 0.239 e. The lowest BCUT2D eigenvalue weighted by Crippen LogP contribution is -2.44. The van der Waals surface area contributed by atoms with Crippen LogP contribution in [0, 0.1) is 0 Å². The van der Waals surface area contributed by atoms with E-state index in [0.717, 1.165) is 17.1 Å². The fourth-order valence-electron chi connectivity index (χ4n) is 1.96. The van der Waals surface area contributed by atoms with E-state index in [1.54, 1.807) is 7.05 Å². The summed E-state index contributed by atoms with van der Waals surface area (Å²) in [5.74, 6) is 1.31. The van der Waals surface area contributed by atoms with Crippen molar-refractivity contribution in [3.05, 3.63) is 60.2 Å². The summed E-state index contributed by atoms with van der Waals surface area (Å²) in [6.45, 7) is 0.249. The molecule has 5 heteroatoms. The molecule has 0 aliphatic carbocycles. The summed E-state index contributed by atoms with van der Waals surface area (Å²) in [7, 11) is 1.54. The van der Waals surface area contributed by atoms with Crippen LogP contribution >= 0.6 is 0 Å². The summed E-state index contributed by atoms with van der Waals surface area (Å²) in [5, 5.41) is 14.7. The molecule has 3 N–H and O–H groups in total. The minimum atomic E-state index is -0.606. The molecule has 2 aromatic carbocycles. The predicted octanol–water partition coefficient (Wildman–Crippen LogP) is 1.68. The first-order valence-electron chi connectivity index (χ1n) is 7.10. The molecular weight excluding hydrogens is 280 g/mol. The number of carbonyl (C=O) groups excluding carboxylic acids is 1. The topological polar surface area (TPSA) is 70.6 Å². The minimum absolute atomic E-state index is 0.230. The third-order valence-electron chi connectivity index (χ3n) is 3.20. The first-order valence-corrected chi connectivity index (χ1v) is 7.10. The average Bonchev–Trinajstić information content (AvgIpc) is 2.57. The molecule has 0 unspecified atom stereocenters. The number of hydrogen-bond acceptors (Lipinski definition) is 4. The van der Waals surface area contributed by atoms with Crippen LogP contribution in [0.15, 0.2) is 54.6 Å². The van der Waals surface area contributed by atoms with Crippen molar-refractivity contribution in [1.82, 2.24) is 10.6 Å². The van der Waals surface area contributed by atoms with Crippen molar-refractivity contribution in [2.45, 2.75) is 12.6 Å². The molecule has 0 aliphatic rings. The fourth-order valence-corrected chi connectivity index (χ4v) is 1.96. The molecule has 0 heterocycles. The number of nitrogens with one attached hydrogen (secondary N) is 2. The maximum Gasteiger partial charge on any atom is 0.239 e. The SMILES string of the molecule is CNC(=O)[C@H](CO)NCc1ccc(Oc2ccccc2)cc1. The van der Waals surface area contributed by atoms with Gasteiger partial charge in [0.05, 0.1) is 6.61 Å². The second-order valence-corrected chi connectivity index (χ2v) is 4.79. The number of benzene rings is 2. The van der Waals surface area contributed by atoms with E-state index in [1.165, 1.54) is 0 Å². The minimum Gasteiger partial charge on any atom is -0.457 e. The Bertz CT molecular complexity index is 585. The van der Waals surface area contributed by atoms with Crippen LogP contribution in [0.25, 0.3) is 0 Å². The summed E-state index contributed by atoms with van der Waals surface area (Å²) >= 11 is 0. The largest absolute Gasteiger partial charge is 0.457 e. The molecule has 1 atom stereocenters. The number of hydrogen-bond donors (Lipinski definition) is 3. The Morgan fingerprint density at radius 3 is 2.32 bits per heavy atom. The summed E-state index contributed by atoms with van der Waals surface area (Å²) in [5.41, 5.74) is 1.00. The molecule has 5 nitrogen and oxygen atoms in total. The molecule has 0 radical (unpaired) electrons. The van der Waals surface area contributed by atoms with Crippen molar-refractivity contribution in [3.63, 3.8) is 0 Å². The lowest BCUT2D eigenvalue weighted by atomic mass is 10.2. The highest BCUT2D eigenvalue weighted by Gasteiger charge is 2.14. The van der Waals surface area contributed by atoms with Crippen LogP contribution in [-0.2, 0) is 11.3 Å². The number of rotatable bonds is 7. The lowest BCUT2D eigenvalue weighted by Gasteiger charge is -2.14. The summed E-state index contributed by atoms with van der Waals surface area (Å²) < 4.78 is 5.71. The normalized spacial score (nSPS) is 11.7. The van der Waals surface area contributed by atoms with Crippen LogP contribution in [0.5, 0.6) is 11.5 Å². The average molecular weight is 300 g/mol. The summed E-state index contributed by atoms with van der Waals surface area (Å²) in [6.07, 6.45) is 0. The van der Waals surface area contributed by atoms with Crippen LogP contribution in [0.4, 0.5) is 0 Å². The van der Waals surface area contributed by atoms with Crippen molar-refractivity contribution < 1.29 is 14.6 Å². The van der Waals surface area contributed by atoms with E-state index < -0.39 is 6.04 Å². The van der Waals surface area contributed by atoms with Crippen molar-refractivity contribution in [3.8, 4) is 11.5 Å². The third kappa shape index (κ3) is 4.58. The zero-order valence-corrected chi connectivity index (χ0v) is 12.5. The van der Waals surface area contributed by atoms with E-state index in [2.05, 4.69) is 10.6 Å². The Hall–Kier alpha value is -2.37. The van der Waals surface area contributed by atoms with Gasteiger partial charge in [-0.2, -0.15) is 0 Å². The van der Waals surface area contributed by atoms with Crippen molar-refractivity contribution in [2.24, 2.45) is 0 Å². The molecule has 2 rings (SSSR count). The van der Waals surface area contributed by atoms with Gasteiger partial charge in [0, 0.05) is 13.6 Å². The van der Waals surface area contributed by atoms with Crippen molar-refractivity contribution in [2.75, 3.05) is 13.7 Å². The van der Waals surface area contributed by atoms with Crippen LogP contribution in [0.3, 0.4) is 0 Å². The number of para-hydroxylation sites is 1. The lowest BCUT2D eigenvalue weighted by molar-refractivity contribution is -0.123. The second kappa shape index (κ2) is 8.17. The van der Waals surface area contributed by atoms with Gasteiger partial charge in [0.25, 0.3) is 0 Å². The van der Waals surface area contributed by atoms with Gasteiger partial charge < -0.3 is 15.2 Å².